The highest BCUT2D eigenvalue weighted by molar-refractivity contribution is 7.46. The summed E-state index contributed by atoms with van der Waals surface area (Å²) < 4.78 is 53.4. The molecule has 7 rings (SSSR count). The molecule has 1 unspecified atom stereocenters. The van der Waals surface area contributed by atoms with E-state index in [0.29, 0.717) is 35.8 Å². The van der Waals surface area contributed by atoms with E-state index in [4.69, 9.17) is 40.0 Å². The molecule has 25 nitrogen and oxygen atoms in total. The molecule has 27 heteroatoms. The van der Waals surface area contributed by atoms with Crippen LogP contribution >= 0.6 is 19.4 Å². The average molecular weight is 1280 g/mol. The molecule has 2 fully saturated rings. The van der Waals surface area contributed by atoms with Gasteiger partial charge in [0.15, 0.2) is 5.72 Å². The highest BCUT2D eigenvalue weighted by Crippen LogP contribution is 2.49. The lowest BCUT2D eigenvalue weighted by atomic mass is 9.83. The maximum atomic E-state index is 14.4. The number of hydrogen-bond donors (Lipinski definition) is 7. The summed E-state index contributed by atoms with van der Waals surface area (Å²) in [4.78, 5) is 103. The molecule has 3 aromatic carbocycles. The van der Waals surface area contributed by atoms with Crippen molar-refractivity contribution in [3.8, 4) is 5.75 Å². The lowest BCUT2D eigenvalue weighted by Crippen LogP contribution is -2.63. The maximum absolute atomic E-state index is 14.4. The van der Waals surface area contributed by atoms with Gasteiger partial charge >= 0.3 is 19.9 Å². The van der Waals surface area contributed by atoms with Gasteiger partial charge in [-0.05, 0) is 93.6 Å². The summed E-state index contributed by atoms with van der Waals surface area (Å²) in [6, 6.07) is 17.3. The van der Waals surface area contributed by atoms with E-state index in [2.05, 4.69) is 36.5 Å². The molecular weight excluding hydrogens is 1200 g/mol. The third kappa shape index (κ3) is 18.7. The van der Waals surface area contributed by atoms with Crippen molar-refractivity contribution in [1.82, 2.24) is 35.9 Å². The SMILES string of the molecule is CNN(C)Cc1cc2ccccc2n1CCC(=O)N[C@@H](Cc1ccc(OP(=O)(O)O)cc1)C(=O)NCCOCCOCCC(=O)N(C)[C@@H](C)C(=O)O[C@H]1CC(=O)N(C)c2cc(cc(C)c2Cl)C/C(C)=C/C=C/[C@@H](OC)[C@]2(O)C[C@H](OC(=O)N2)[C@@H](C)C2O[C@]21C. The summed E-state index contributed by atoms with van der Waals surface area (Å²) in [7, 11) is 3.37. The standard InChI is InChI=1S/C62H84ClN8O17P/c1-38-14-13-17-51(82-10)62(78)36-50(85-60(77)67-62)40(3)57-61(5,87-57)52(35-55(74)70(9)49-33-43(30-38)31-39(2)56(49)63)86-59(76)41(4)69(8)54(73)23-26-83-28-29-84-27-24-65-58(75)47(32-42-18-20-46(21-19-42)88-89(79,80)81)66-53(72)22-25-71-45(37-68(7)64-6)34-44-15-11-12-16-48(44)71/h11-21,31,33-34,40-41,47,50-52,57,64,78H,22-30,32,35-37H2,1-10H3,(H,65,75)(H,66,72)(H,67,77)(H2,79,80,81)/b17-13+,38-14+/t40-,41+,47+,50+,51-,52+,57?,61+,62-/m1/s1. The molecule has 4 aromatic rings. The fourth-order valence-electron chi connectivity index (χ4n) is 11.0. The summed E-state index contributed by atoms with van der Waals surface area (Å²) in [6.45, 7) is 9.93. The first-order valence-electron chi connectivity index (χ1n) is 29.4. The predicted octanol–water partition coefficient (Wildman–Crippen LogP) is 5.16. The van der Waals surface area contributed by atoms with Crippen LogP contribution in [0.15, 0.2) is 90.5 Å². The number of para-hydroxylation sites is 1. The first kappa shape index (κ1) is 69.7. The van der Waals surface area contributed by atoms with E-state index in [-0.39, 0.29) is 76.7 Å². The van der Waals surface area contributed by atoms with Crippen molar-refractivity contribution >= 4 is 71.7 Å². The molecule has 0 spiro atoms. The number of methoxy groups -OCH3 is 1. The predicted molar refractivity (Wildman–Crippen MR) is 330 cm³/mol. The zero-order valence-corrected chi connectivity index (χ0v) is 53.6. The number of phosphoric ester groups is 1. The number of phosphoric acid groups is 1. The van der Waals surface area contributed by atoms with Gasteiger partial charge in [-0.3, -0.25) is 39.7 Å². The van der Waals surface area contributed by atoms with Crippen molar-refractivity contribution in [3.63, 3.8) is 0 Å². The number of carbonyl (C=O) groups excluding carboxylic acids is 6. The van der Waals surface area contributed by atoms with Gasteiger partial charge in [-0.2, -0.15) is 0 Å². The average Bonchev–Trinajstić information content (AvgIpc) is 1.82. The van der Waals surface area contributed by atoms with Gasteiger partial charge in [0.2, 0.25) is 23.6 Å². The molecule has 2 saturated heterocycles. The number of halogens is 1. The smallest absolute Gasteiger partial charge is 0.457 e. The van der Waals surface area contributed by atoms with Crippen molar-refractivity contribution < 1.29 is 81.2 Å². The number of epoxide rings is 1. The molecule has 1 aromatic heterocycles. The monoisotopic (exact) mass is 1280 g/mol. The van der Waals surface area contributed by atoms with E-state index in [9.17, 15) is 48.2 Å². The Kier molecular flexibility index (Phi) is 24.2. The number of fused-ring (bicyclic) bond motifs is 6. The Hall–Kier alpha value is -6.74. The fourth-order valence-corrected chi connectivity index (χ4v) is 11.6. The van der Waals surface area contributed by atoms with Gasteiger partial charge in [-0.15, -0.1) is 0 Å². The number of hydrazine groups is 1. The number of esters is 1. The lowest BCUT2D eigenvalue weighted by Gasteiger charge is -2.42. The highest BCUT2D eigenvalue weighted by atomic mass is 35.5. The zero-order chi connectivity index (χ0) is 65.0. The Morgan fingerprint density at radius 1 is 0.989 bits per heavy atom. The molecule has 0 saturated carbocycles. The van der Waals surface area contributed by atoms with Gasteiger partial charge < -0.3 is 63.1 Å². The molecule has 0 radical (unpaired) electrons. The van der Waals surface area contributed by atoms with Crippen LogP contribution in [0.2, 0.25) is 5.02 Å². The van der Waals surface area contributed by atoms with Crippen LogP contribution in [0.25, 0.3) is 10.9 Å². The molecule has 7 N–H and O–H groups in total. The minimum absolute atomic E-state index is 0.0282. The van der Waals surface area contributed by atoms with Crippen LogP contribution in [0.5, 0.6) is 5.75 Å². The number of nitrogens with zero attached hydrogens (tertiary/aromatic N) is 4. The lowest BCUT2D eigenvalue weighted by molar-refractivity contribution is -0.162. The number of allylic oxidation sites excluding steroid dienone is 3. The molecule has 9 atom stereocenters. The van der Waals surface area contributed by atoms with Crippen molar-refractivity contribution in [2.45, 2.75) is 134 Å². The molecule has 5 amide bonds. The number of alkyl carbamates (subject to hydrolysis) is 1. The van der Waals surface area contributed by atoms with Crippen LogP contribution in [-0.4, -0.2) is 181 Å². The molecule has 486 valence electrons. The molecule has 89 heavy (non-hydrogen) atoms. The van der Waals surface area contributed by atoms with E-state index in [0.717, 1.165) is 33.3 Å². The summed E-state index contributed by atoms with van der Waals surface area (Å²) in [5.74, 6) is -3.25. The van der Waals surface area contributed by atoms with Crippen LogP contribution in [0.4, 0.5) is 10.5 Å². The summed E-state index contributed by atoms with van der Waals surface area (Å²) in [5, 5.41) is 23.4. The Morgan fingerprint density at radius 2 is 1.70 bits per heavy atom. The van der Waals surface area contributed by atoms with E-state index in [1.54, 1.807) is 45.2 Å². The van der Waals surface area contributed by atoms with Gasteiger partial charge in [0.1, 0.15) is 41.7 Å². The summed E-state index contributed by atoms with van der Waals surface area (Å²) in [6.07, 6.45) is 0.565. The number of aryl methyl sites for hydroxylation is 2. The number of amides is 5. The summed E-state index contributed by atoms with van der Waals surface area (Å²) in [5.41, 5.74) is 5.43. The number of anilines is 1. The van der Waals surface area contributed by atoms with E-state index < -0.39 is 91.4 Å². The Balaban J connectivity index is 0.913. The zero-order valence-electron chi connectivity index (χ0n) is 52.0. The minimum atomic E-state index is -4.81. The number of nitrogens with one attached hydrogen (secondary N) is 4. The second kappa shape index (κ2) is 30.8. The number of likely N-dealkylation sites (N-methyl/N-ethyl adjacent to an activating group) is 1. The van der Waals surface area contributed by atoms with Gasteiger partial charge in [-0.1, -0.05) is 78.7 Å². The molecule has 4 bridgehead atoms. The molecule has 0 aliphatic carbocycles. The number of carbonyl (C=O) groups is 6. The molecule has 4 heterocycles. The fraction of sp³-hybridized carbons (Fsp3) is 0.516. The third-order valence-electron chi connectivity index (χ3n) is 16.4. The molecule has 3 aliphatic heterocycles. The van der Waals surface area contributed by atoms with E-state index >= 15 is 0 Å². The Labute approximate surface area is 523 Å². The second-order valence-corrected chi connectivity index (χ2v) is 24.6. The van der Waals surface area contributed by atoms with E-state index in [1.165, 1.54) is 43.0 Å². The largest absolute Gasteiger partial charge is 0.524 e. The first-order chi connectivity index (χ1) is 42.1. The van der Waals surface area contributed by atoms with Gasteiger partial charge in [0.25, 0.3) is 0 Å². The number of aliphatic hydroxyl groups is 1. The van der Waals surface area contributed by atoms with Crippen molar-refractivity contribution in [1.29, 1.82) is 0 Å². The normalized spacial score (nSPS) is 23.9. The van der Waals surface area contributed by atoms with Gasteiger partial charge in [0, 0.05) is 77.7 Å². The topological polar surface area (TPSA) is 311 Å². The van der Waals surface area contributed by atoms with Crippen LogP contribution in [-0.2, 0) is 82.9 Å². The van der Waals surface area contributed by atoms with Gasteiger partial charge in [0.05, 0.1) is 62.6 Å². The van der Waals surface area contributed by atoms with Crippen LogP contribution in [0.1, 0.15) is 75.8 Å². The number of rotatable bonds is 25. The number of ether oxygens (including phenoxy) is 6. The Morgan fingerprint density at radius 3 is 2.39 bits per heavy atom. The minimum Gasteiger partial charge on any atom is -0.457 e. The van der Waals surface area contributed by atoms with Crippen LogP contribution in [0.3, 0.4) is 0 Å². The molecular formula is C62H84ClN8O17P. The second-order valence-electron chi connectivity index (χ2n) is 23.0. The van der Waals surface area contributed by atoms with Gasteiger partial charge in [-0.25, -0.2) is 19.2 Å². The number of hydrogen-bond acceptors (Lipinski definition) is 17. The third-order valence-corrected chi connectivity index (χ3v) is 17.3. The first-order valence-corrected chi connectivity index (χ1v) is 31.3. The summed E-state index contributed by atoms with van der Waals surface area (Å²) >= 11 is 6.85. The van der Waals surface area contributed by atoms with Crippen LogP contribution < -0.4 is 30.8 Å². The number of aromatic nitrogens is 1. The van der Waals surface area contributed by atoms with E-state index in [1.807, 2.05) is 75.4 Å². The van der Waals surface area contributed by atoms with Crippen LogP contribution in [0, 0.1) is 12.8 Å². The quantitative estimate of drug-likeness (QED) is 0.0148. The van der Waals surface area contributed by atoms with Crippen molar-refractivity contribution in [2.75, 3.05) is 73.2 Å². The number of benzene rings is 3. The molecule has 3 aliphatic rings. The Bertz CT molecular complexity index is 3290. The highest BCUT2D eigenvalue weighted by Gasteiger charge is 2.64. The van der Waals surface area contributed by atoms with Crippen molar-refractivity contribution in [2.24, 2.45) is 5.92 Å². The maximum Gasteiger partial charge on any atom is 0.524 e. The van der Waals surface area contributed by atoms with Crippen molar-refractivity contribution in [3.05, 3.63) is 118 Å².